The maximum atomic E-state index is 12.9. The first-order valence-corrected chi connectivity index (χ1v) is 11.8. The topological polar surface area (TPSA) is 87.7 Å². The van der Waals surface area contributed by atoms with Gasteiger partial charge in [0.2, 0.25) is 0 Å². The van der Waals surface area contributed by atoms with E-state index in [2.05, 4.69) is 10.0 Å². The van der Waals surface area contributed by atoms with Crippen LogP contribution in [0.15, 0.2) is 83.8 Å². The molecule has 0 aliphatic carbocycles. The van der Waals surface area contributed by atoms with Gasteiger partial charge in [0.05, 0.1) is 17.7 Å². The summed E-state index contributed by atoms with van der Waals surface area (Å²) in [6, 6.07) is 22.9. The quantitative estimate of drug-likeness (QED) is 0.570. The van der Waals surface area contributed by atoms with E-state index >= 15 is 0 Å². The number of rotatable bonds is 7. The Morgan fingerprint density at radius 1 is 0.969 bits per heavy atom. The van der Waals surface area contributed by atoms with E-state index in [1.165, 1.54) is 19.2 Å². The monoisotopic (exact) mass is 451 g/mol. The lowest BCUT2D eigenvalue weighted by atomic mass is 10.2. The van der Waals surface area contributed by atoms with E-state index in [0.29, 0.717) is 30.1 Å². The number of carbonyl (C=O) groups excluding carboxylic acids is 1. The van der Waals surface area contributed by atoms with Crippen molar-refractivity contribution < 1.29 is 17.9 Å². The van der Waals surface area contributed by atoms with Gasteiger partial charge in [-0.05, 0) is 55.0 Å². The van der Waals surface area contributed by atoms with Gasteiger partial charge >= 0.3 is 0 Å². The molecule has 4 rings (SSSR count). The van der Waals surface area contributed by atoms with Crippen LogP contribution in [0.25, 0.3) is 0 Å². The number of anilines is 2. The Bertz CT molecular complexity index is 1180. The lowest BCUT2D eigenvalue weighted by Gasteiger charge is -2.18. The van der Waals surface area contributed by atoms with E-state index < -0.39 is 10.0 Å². The molecule has 0 radical (unpaired) electrons. The Labute approximate surface area is 188 Å². The zero-order valence-electron chi connectivity index (χ0n) is 17.7. The molecular formula is C24H25N3O4S. The van der Waals surface area contributed by atoms with E-state index in [1.807, 2.05) is 30.3 Å². The van der Waals surface area contributed by atoms with E-state index in [-0.39, 0.29) is 16.8 Å². The molecule has 8 heteroatoms. The summed E-state index contributed by atoms with van der Waals surface area (Å²) in [4.78, 5) is 14.8. The van der Waals surface area contributed by atoms with Crippen LogP contribution in [0.1, 0.15) is 16.8 Å². The molecule has 0 aromatic heterocycles. The molecule has 32 heavy (non-hydrogen) atoms. The predicted molar refractivity (Wildman–Crippen MR) is 125 cm³/mol. The number of methoxy groups -OCH3 is 1. The second kappa shape index (κ2) is 9.32. The van der Waals surface area contributed by atoms with E-state index in [4.69, 9.17) is 4.74 Å². The summed E-state index contributed by atoms with van der Waals surface area (Å²) in [7, 11) is -2.34. The van der Waals surface area contributed by atoms with Crippen molar-refractivity contribution in [2.24, 2.45) is 0 Å². The fraction of sp³-hybridized carbons (Fsp3) is 0.208. The van der Waals surface area contributed by atoms with E-state index in [0.717, 1.165) is 12.1 Å². The molecule has 2 N–H and O–H groups in total. The largest absolute Gasteiger partial charge is 0.495 e. The van der Waals surface area contributed by atoms with Gasteiger partial charge in [-0.3, -0.25) is 9.52 Å². The number of nitrogens with one attached hydrogen (secondary N) is 2. The van der Waals surface area contributed by atoms with Crippen molar-refractivity contribution in [1.82, 2.24) is 4.90 Å². The summed E-state index contributed by atoms with van der Waals surface area (Å²) >= 11 is 0. The fourth-order valence-electron chi connectivity index (χ4n) is 3.72. The van der Waals surface area contributed by atoms with Crippen LogP contribution in [0.4, 0.5) is 11.4 Å². The SMILES string of the molecule is COc1ccccc1NS(=O)(=O)c1ccc(C(=O)N2CCC(Nc3ccccc3)C2)cc1. The number of sulfonamides is 1. The van der Waals surface area contributed by atoms with Gasteiger partial charge in [0, 0.05) is 30.4 Å². The van der Waals surface area contributed by atoms with Crippen LogP contribution in [-0.4, -0.2) is 45.5 Å². The minimum Gasteiger partial charge on any atom is -0.495 e. The summed E-state index contributed by atoms with van der Waals surface area (Å²) in [5.41, 5.74) is 1.84. The molecule has 1 unspecified atom stereocenters. The second-order valence-corrected chi connectivity index (χ2v) is 9.26. The van der Waals surface area contributed by atoms with Gasteiger partial charge in [-0.2, -0.15) is 0 Å². The van der Waals surface area contributed by atoms with Crippen molar-refractivity contribution >= 4 is 27.3 Å². The number of hydrogen-bond donors (Lipinski definition) is 2. The maximum Gasteiger partial charge on any atom is 0.262 e. The van der Waals surface area contributed by atoms with Gasteiger partial charge < -0.3 is 15.0 Å². The Hall–Kier alpha value is -3.52. The molecule has 0 spiro atoms. The third kappa shape index (κ3) is 4.86. The molecule has 1 heterocycles. The van der Waals surface area contributed by atoms with Gasteiger partial charge in [-0.1, -0.05) is 30.3 Å². The number of ether oxygens (including phenoxy) is 1. The molecule has 1 amide bonds. The van der Waals surface area contributed by atoms with Gasteiger partial charge in [0.25, 0.3) is 15.9 Å². The third-order valence-corrected chi connectivity index (χ3v) is 6.76. The molecule has 1 saturated heterocycles. The summed E-state index contributed by atoms with van der Waals surface area (Å²) in [6.45, 7) is 1.25. The van der Waals surface area contributed by atoms with Crippen LogP contribution in [0, 0.1) is 0 Å². The number of carbonyl (C=O) groups is 1. The Balaban J connectivity index is 1.41. The van der Waals surface area contributed by atoms with Crippen molar-refractivity contribution in [3.05, 3.63) is 84.4 Å². The van der Waals surface area contributed by atoms with Crippen LogP contribution in [0.5, 0.6) is 5.75 Å². The van der Waals surface area contributed by atoms with Crippen LogP contribution >= 0.6 is 0 Å². The molecular weight excluding hydrogens is 426 g/mol. The number of likely N-dealkylation sites (tertiary alicyclic amines) is 1. The molecule has 1 atom stereocenters. The van der Waals surface area contributed by atoms with Gasteiger partial charge in [-0.25, -0.2) is 8.42 Å². The highest BCUT2D eigenvalue weighted by Crippen LogP contribution is 2.26. The van der Waals surface area contributed by atoms with Crippen molar-refractivity contribution in [2.45, 2.75) is 17.4 Å². The molecule has 1 aliphatic rings. The highest BCUT2D eigenvalue weighted by Gasteiger charge is 2.27. The first kappa shape index (κ1) is 21.7. The summed E-state index contributed by atoms with van der Waals surface area (Å²) < 4.78 is 33.2. The molecule has 7 nitrogen and oxygen atoms in total. The van der Waals surface area contributed by atoms with Crippen molar-refractivity contribution in [1.29, 1.82) is 0 Å². The van der Waals surface area contributed by atoms with Gasteiger partial charge in [0.1, 0.15) is 5.75 Å². The lowest BCUT2D eigenvalue weighted by Crippen LogP contribution is -2.31. The molecule has 3 aromatic carbocycles. The molecule has 3 aromatic rings. The fourth-order valence-corrected chi connectivity index (χ4v) is 4.79. The molecule has 1 aliphatic heterocycles. The third-order valence-electron chi connectivity index (χ3n) is 5.38. The van der Waals surface area contributed by atoms with Crippen LogP contribution in [0.3, 0.4) is 0 Å². The number of benzene rings is 3. The van der Waals surface area contributed by atoms with Gasteiger partial charge in [0.15, 0.2) is 0 Å². The minimum absolute atomic E-state index is 0.0741. The number of hydrogen-bond acceptors (Lipinski definition) is 5. The Kier molecular flexibility index (Phi) is 6.32. The minimum atomic E-state index is -3.82. The second-order valence-electron chi connectivity index (χ2n) is 7.58. The Morgan fingerprint density at radius 2 is 1.66 bits per heavy atom. The summed E-state index contributed by atoms with van der Waals surface area (Å²) in [6.07, 6.45) is 0.857. The summed E-state index contributed by atoms with van der Waals surface area (Å²) in [5.74, 6) is 0.319. The normalized spacial score (nSPS) is 15.9. The van der Waals surface area contributed by atoms with Crippen LogP contribution < -0.4 is 14.8 Å². The van der Waals surface area contributed by atoms with E-state index in [9.17, 15) is 13.2 Å². The van der Waals surface area contributed by atoms with Crippen molar-refractivity contribution in [2.75, 3.05) is 30.2 Å². The van der Waals surface area contributed by atoms with Crippen LogP contribution in [0.2, 0.25) is 0 Å². The molecule has 166 valence electrons. The predicted octanol–water partition coefficient (Wildman–Crippen LogP) is 3.82. The first-order chi connectivity index (χ1) is 15.5. The lowest BCUT2D eigenvalue weighted by molar-refractivity contribution is 0.0791. The molecule has 0 saturated carbocycles. The first-order valence-electron chi connectivity index (χ1n) is 10.3. The summed E-state index contributed by atoms with van der Waals surface area (Å²) in [5, 5.41) is 3.45. The van der Waals surface area contributed by atoms with Crippen molar-refractivity contribution in [3.8, 4) is 5.75 Å². The highest BCUT2D eigenvalue weighted by atomic mass is 32.2. The number of amides is 1. The average Bonchev–Trinajstić information content (AvgIpc) is 3.28. The highest BCUT2D eigenvalue weighted by molar-refractivity contribution is 7.92. The average molecular weight is 452 g/mol. The zero-order valence-corrected chi connectivity index (χ0v) is 18.5. The van der Waals surface area contributed by atoms with E-state index in [1.54, 1.807) is 41.3 Å². The zero-order chi connectivity index (χ0) is 22.6. The number of nitrogens with zero attached hydrogens (tertiary/aromatic N) is 1. The standard InChI is InChI=1S/C24H25N3O4S/c1-31-23-10-6-5-9-22(23)26-32(29,30)21-13-11-18(12-14-21)24(28)27-16-15-20(17-27)25-19-7-3-2-4-8-19/h2-14,20,25-26H,15-17H2,1H3. The smallest absolute Gasteiger partial charge is 0.262 e. The van der Waals surface area contributed by atoms with Crippen molar-refractivity contribution in [3.63, 3.8) is 0 Å². The number of para-hydroxylation sites is 3. The van der Waals surface area contributed by atoms with Gasteiger partial charge in [-0.15, -0.1) is 0 Å². The molecule has 0 bridgehead atoms. The Morgan fingerprint density at radius 3 is 2.38 bits per heavy atom. The maximum absolute atomic E-state index is 12.9. The molecule has 1 fully saturated rings. The van der Waals surface area contributed by atoms with Crippen LogP contribution in [-0.2, 0) is 10.0 Å².